The van der Waals surface area contributed by atoms with Crippen LogP contribution in [0, 0.1) is 0 Å². The zero-order valence-corrected chi connectivity index (χ0v) is 18.1. The van der Waals surface area contributed by atoms with Gasteiger partial charge in [-0.05, 0) is 30.7 Å². The molecule has 0 aliphatic carbocycles. The molecule has 2 amide bonds. The van der Waals surface area contributed by atoms with Gasteiger partial charge in [-0.15, -0.1) is 0 Å². The Labute approximate surface area is 186 Å². The first-order valence-corrected chi connectivity index (χ1v) is 11.2. The van der Waals surface area contributed by atoms with Gasteiger partial charge >= 0.3 is 12.1 Å². The van der Waals surface area contributed by atoms with Crippen molar-refractivity contribution in [2.24, 2.45) is 0 Å². The highest BCUT2D eigenvalue weighted by atomic mass is 32.2. The number of rotatable bonds is 10. The summed E-state index contributed by atoms with van der Waals surface area (Å²) in [4.78, 5) is 35.5. The molecule has 0 aliphatic heterocycles. The number of aliphatic carboxylic acids is 1. The molecule has 0 radical (unpaired) electrons. The normalized spacial score (nSPS) is 13.2. The predicted octanol–water partition coefficient (Wildman–Crippen LogP) is 2.25. The first-order valence-electron chi connectivity index (χ1n) is 9.65. The van der Waals surface area contributed by atoms with Gasteiger partial charge in [0.25, 0.3) is 0 Å². The molecule has 0 unspecified atom stereocenters. The molecule has 0 saturated heterocycles. The van der Waals surface area contributed by atoms with Gasteiger partial charge in [0, 0.05) is 5.41 Å². The van der Waals surface area contributed by atoms with E-state index in [0.717, 1.165) is 17.0 Å². The number of ether oxygens (including phenoxy) is 1. The van der Waals surface area contributed by atoms with E-state index in [1.54, 1.807) is 42.5 Å². The summed E-state index contributed by atoms with van der Waals surface area (Å²) in [5, 5.41) is 14.7. The number of carbonyl (C=O) groups excluding carboxylic acids is 2. The molecule has 0 spiro atoms. The summed E-state index contributed by atoms with van der Waals surface area (Å²) in [6.45, 7) is 1.41. The van der Waals surface area contributed by atoms with Gasteiger partial charge in [0.15, 0.2) is 9.84 Å². The molecule has 2 aromatic rings. The Bertz CT molecular complexity index is 1050. The van der Waals surface area contributed by atoms with Crippen LogP contribution >= 0.6 is 0 Å². The molecule has 10 heteroatoms. The molecule has 0 fully saturated rings. The number of amides is 2. The molecule has 2 atom stereocenters. The van der Waals surface area contributed by atoms with E-state index >= 15 is 0 Å². The van der Waals surface area contributed by atoms with E-state index in [1.165, 1.54) is 19.1 Å². The number of alkyl carbamates (subject to hydrolysis) is 1. The minimum absolute atomic E-state index is 0.0166. The molecule has 0 saturated carbocycles. The Morgan fingerprint density at radius 3 is 2.19 bits per heavy atom. The molecule has 2 rings (SSSR count). The molecular weight excluding hydrogens is 436 g/mol. The largest absolute Gasteiger partial charge is 0.481 e. The van der Waals surface area contributed by atoms with E-state index in [1.807, 2.05) is 6.07 Å². The number of carbonyl (C=O) groups is 3. The van der Waals surface area contributed by atoms with Crippen LogP contribution in [0.5, 0.6) is 0 Å². The Balaban J connectivity index is 1.96. The van der Waals surface area contributed by atoms with Gasteiger partial charge in [-0.3, -0.25) is 9.59 Å². The lowest BCUT2D eigenvalue weighted by atomic mass is 10.2. The summed E-state index contributed by atoms with van der Waals surface area (Å²) in [6, 6.07) is 14.4. The number of carboxylic acid groups (broad SMARTS) is 1. The molecule has 3 N–H and O–H groups in total. The fraction of sp³-hybridized carbons (Fsp3) is 0.227. The Morgan fingerprint density at radius 2 is 1.59 bits per heavy atom. The van der Waals surface area contributed by atoms with E-state index in [4.69, 9.17) is 9.84 Å². The van der Waals surface area contributed by atoms with Crippen molar-refractivity contribution >= 4 is 27.8 Å². The fourth-order valence-electron chi connectivity index (χ4n) is 2.56. The van der Waals surface area contributed by atoms with Gasteiger partial charge < -0.3 is 20.5 Å². The third-order valence-corrected chi connectivity index (χ3v) is 5.67. The SMILES string of the molecule is C[C@H](NC(=O)OCc1ccccc1)C(=O)N[C@H](/C=C/S(=O)(=O)c1ccccc1)CC(=O)O. The van der Waals surface area contributed by atoms with Crippen molar-refractivity contribution in [1.29, 1.82) is 0 Å². The second-order valence-corrected chi connectivity index (χ2v) is 8.66. The van der Waals surface area contributed by atoms with Gasteiger partial charge in [0.1, 0.15) is 12.6 Å². The lowest BCUT2D eigenvalue weighted by molar-refractivity contribution is -0.137. The quantitative estimate of drug-likeness (QED) is 0.494. The monoisotopic (exact) mass is 460 g/mol. The molecule has 9 nitrogen and oxygen atoms in total. The van der Waals surface area contributed by atoms with Crippen molar-refractivity contribution < 1.29 is 32.6 Å². The van der Waals surface area contributed by atoms with Crippen molar-refractivity contribution in [3.63, 3.8) is 0 Å². The highest BCUT2D eigenvalue weighted by Gasteiger charge is 2.21. The zero-order chi connectivity index (χ0) is 23.6. The second kappa shape index (κ2) is 11.7. The Hall–Kier alpha value is -3.66. The molecule has 170 valence electrons. The van der Waals surface area contributed by atoms with Crippen LogP contribution in [0.3, 0.4) is 0 Å². The molecule has 32 heavy (non-hydrogen) atoms. The topological polar surface area (TPSA) is 139 Å². The summed E-state index contributed by atoms with van der Waals surface area (Å²) in [6.07, 6.45) is -0.277. The van der Waals surface area contributed by atoms with Crippen molar-refractivity contribution in [2.45, 2.75) is 36.9 Å². The van der Waals surface area contributed by atoms with E-state index in [2.05, 4.69) is 10.6 Å². The van der Waals surface area contributed by atoms with Gasteiger partial charge in [0.05, 0.1) is 17.4 Å². The van der Waals surface area contributed by atoms with Crippen LogP contribution in [0.25, 0.3) is 0 Å². The summed E-state index contributed by atoms with van der Waals surface area (Å²) < 4.78 is 29.8. The maximum atomic E-state index is 12.4. The number of nitrogens with one attached hydrogen (secondary N) is 2. The molecule has 0 aliphatic rings. The number of carboxylic acids is 1. The van der Waals surface area contributed by atoms with E-state index < -0.39 is 46.3 Å². The van der Waals surface area contributed by atoms with E-state index in [0.29, 0.717) is 0 Å². The predicted molar refractivity (Wildman–Crippen MR) is 116 cm³/mol. The van der Waals surface area contributed by atoms with Gasteiger partial charge in [-0.2, -0.15) is 0 Å². The maximum absolute atomic E-state index is 12.4. The van der Waals surface area contributed by atoms with Crippen LogP contribution in [0.1, 0.15) is 18.9 Å². The smallest absolute Gasteiger partial charge is 0.408 e. The van der Waals surface area contributed by atoms with Gasteiger partial charge in [-0.25, -0.2) is 13.2 Å². The van der Waals surface area contributed by atoms with Crippen LogP contribution < -0.4 is 10.6 Å². The van der Waals surface area contributed by atoms with Crippen LogP contribution in [0.4, 0.5) is 4.79 Å². The lowest BCUT2D eigenvalue weighted by Crippen LogP contribution is -2.48. The third kappa shape index (κ3) is 8.23. The van der Waals surface area contributed by atoms with Crippen LogP contribution in [-0.2, 0) is 30.8 Å². The number of sulfone groups is 1. The minimum atomic E-state index is -3.81. The second-order valence-electron chi connectivity index (χ2n) is 6.83. The van der Waals surface area contributed by atoms with Crippen LogP contribution in [-0.4, -0.2) is 43.6 Å². The molecule has 0 aromatic heterocycles. The standard InChI is InChI=1S/C22H24N2O7S/c1-16(23-22(28)31-15-17-8-4-2-5-9-17)21(27)24-18(14-20(25)26)12-13-32(29,30)19-10-6-3-7-11-19/h2-13,16,18H,14-15H2,1H3,(H,23,28)(H,24,27)(H,25,26)/b13-12+/t16-,18+/m0/s1. The molecule has 0 bridgehead atoms. The summed E-state index contributed by atoms with van der Waals surface area (Å²) in [5.74, 6) is -1.94. The van der Waals surface area contributed by atoms with Gasteiger partial charge in [0.2, 0.25) is 5.91 Å². The average molecular weight is 461 g/mol. The van der Waals surface area contributed by atoms with Crippen molar-refractivity contribution in [2.75, 3.05) is 0 Å². The highest BCUT2D eigenvalue weighted by molar-refractivity contribution is 7.94. The van der Waals surface area contributed by atoms with Crippen LogP contribution in [0.2, 0.25) is 0 Å². The number of benzene rings is 2. The van der Waals surface area contributed by atoms with Crippen molar-refractivity contribution in [1.82, 2.24) is 10.6 Å². The number of hydrogen-bond donors (Lipinski definition) is 3. The molecule has 2 aromatic carbocycles. The maximum Gasteiger partial charge on any atom is 0.408 e. The van der Waals surface area contributed by atoms with E-state index in [-0.39, 0.29) is 11.5 Å². The van der Waals surface area contributed by atoms with Crippen LogP contribution in [0.15, 0.2) is 77.0 Å². The fourth-order valence-corrected chi connectivity index (χ4v) is 3.65. The van der Waals surface area contributed by atoms with Crippen molar-refractivity contribution in [3.05, 3.63) is 77.7 Å². The first-order chi connectivity index (χ1) is 15.2. The first kappa shape index (κ1) is 24.6. The highest BCUT2D eigenvalue weighted by Crippen LogP contribution is 2.12. The summed E-state index contributed by atoms with van der Waals surface area (Å²) in [5.41, 5.74) is 0.769. The molecule has 0 heterocycles. The van der Waals surface area contributed by atoms with E-state index in [9.17, 15) is 22.8 Å². The minimum Gasteiger partial charge on any atom is -0.481 e. The summed E-state index contributed by atoms with van der Waals surface area (Å²) in [7, 11) is -3.81. The van der Waals surface area contributed by atoms with Gasteiger partial charge in [-0.1, -0.05) is 48.5 Å². The Kier molecular flexibility index (Phi) is 8.96. The van der Waals surface area contributed by atoms with Crippen molar-refractivity contribution in [3.8, 4) is 0 Å². The Morgan fingerprint density at radius 1 is 1.00 bits per heavy atom. The average Bonchev–Trinajstić information content (AvgIpc) is 2.77. The third-order valence-electron chi connectivity index (χ3n) is 4.22. The summed E-state index contributed by atoms with van der Waals surface area (Å²) >= 11 is 0. The number of hydrogen-bond acceptors (Lipinski definition) is 6. The lowest BCUT2D eigenvalue weighted by Gasteiger charge is -2.18. The molecular formula is C22H24N2O7S. The zero-order valence-electron chi connectivity index (χ0n) is 17.3.